The quantitative estimate of drug-likeness (QED) is 0.640. The molecule has 0 spiro atoms. The lowest BCUT2D eigenvalue weighted by Gasteiger charge is -2.33. The van der Waals surface area contributed by atoms with E-state index in [0.717, 1.165) is 0 Å². The van der Waals surface area contributed by atoms with Gasteiger partial charge in [0.1, 0.15) is 23.6 Å². The molecule has 0 amide bonds. The predicted octanol–water partition coefficient (Wildman–Crippen LogP) is 2.38. The highest BCUT2D eigenvalue weighted by Gasteiger charge is 2.29. The molecule has 2 aromatic rings. The Balaban J connectivity index is 2.12. The molecule has 1 unspecified atom stereocenters. The highest BCUT2D eigenvalue weighted by Crippen LogP contribution is 2.30. The van der Waals surface area contributed by atoms with E-state index in [2.05, 4.69) is 15.0 Å². The average molecular weight is 335 g/mol. The summed E-state index contributed by atoms with van der Waals surface area (Å²) in [6, 6.07) is 0. The first kappa shape index (κ1) is 14.6. The van der Waals surface area contributed by atoms with Crippen LogP contribution < -0.4 is 4.90 Å². The number of hydrogen-bond acceptors (Lipinski definition) is 5. The van der Waals surface area contributed by atoms with Gasteiger partial charge in [-0.1, -0.05) is 11.6 Å². The lowest BCUT2D eigenvalue weighted by molar-refractivity contribution is 0.0643. The number of pyridine rings is 1. The van der Waals surface area contributed by atoms with Crippen molar-refractivity contribution >= 4 is 39.9 Å². The first-order valence-corrected chi connectivity index (χ1v) is 6.97. The molecule has 1 saturated heterocycles. The topological polar surface area (TPSA) is 62.1 Å². The van der Waals surface area contributed by atoms with Crippen molar-refractivity contribution < 1.29 is 13.9 Å². The van der Waals surface area contributed by atoms with Gasteiger partial charge >= 0.3 is 0 Å². The van der Waals surface area contributed by atoms with Crippen molar-refractivity contribution in [2.24, 2.45) is 0 Å². The van der Waals surface area contributed by atoms with E-state index in [1.807, 2.05) is 0 Å². The number of hydrogen-bond donors (Lipinski definition) is 1. The van der Waals surface area contributed by atoms with E-state index >= 15 is 0 Å². The fraction of sp³-hybridized carbons (Fsp3) is 0.417. The summed E-state index contributed by atoms with van der Waals surface area (Å²) in [5.41, 5.74) is -0.0538. The van der Waals surface area contributed by atoms with E-state index in [4.69, 9.17) is 23.2 Å². The van der Waals surface area contributed by atoms with Crippen LogP contribution in [-0.2, 0) is 0 Å². The van der Waals surface area contributed by atoms with E-state index < -0.39 is 18.1 Å². The number of alkyl halides is 1. The fourth-order valence-electron chi connectivity index (χ4n) is 2.33. The van der Waals surface area contributed by atoms with Gasteiger partial charge in [0, 0.05) is 19.3 Å². The summed E-state index contributed by atoms with van der Waals surface area (Å²) in [6.07, 6.45) is -0.935. The Morgan fingerprint density at radius 2 is 2.10 bits per heavy atom. The van der Waals surface area contributed by atoms with Crippen molar-refractivity contribution in [1.29, 1.82) is 0 Å². The largest absolute Gasteiger partial charge is 0.388 e. The first-order chi connectivity index (χ1) is 9.97. The van der Waals surface area contributed by atoms with Crippen LogP contribution in [-0.4, -0.2) is 45.4 Å². The monoisotopic (exact) mass is 334 g/mol. The Morgan fingerprint density at radius 3 is 2.81 bits per heavy atom. The molecule has 1 fully saturated rings. The van der Waals surface area contributed by atoms with Crippen molar-refractivity contribution in [1.82, 2.24) is 15.0 Å². The number of nitrogens with zero attached hydrogens (tertiary/aromatic N) is 4. The van der Waals surface area contributed by atoms with Crippen molar-refractivity contribution in [2.75, 3.05) is 18.0 Å². The summed E-state index contributed by atoms with van der Waals surface area (Å²) in [4.78, 5) is 13.2. The highest BCUT2D eigenvalue weighted by atomic mass is 35.5. The minimum absolute atomic E-state index is 0.0356. The summed E-state index contributed by atoms with van der Waals surface area (Å²) in [7, 11) is 0. The Hall–Kier alpha value is -1.31. The number of rotatable bonds is 1. The Bertz CT molecular complexity index is 703. The molecule has 0 saturated carbocycles. The number of anilines is 1. The molecule has 3 heterocycles. The van der Waals surface area contributed by atoms with Gasteiger partial charge < -0.3 is 10.0 Å². The number of aromatic nitrogens is 3. The van der Waals surface area contributed by atoms with E-state index in [1.54, 1.807) is 4.90 Å². The van der Waals surface area contributed by atoms with Crippen molar-refractivity contribution in [3.05, 3.63) is 22.5 Å². The van der Waals surface area contributed by atoms with Gasteiger partial charge in [0.15, 0.2) is 11.0 Å². The van der Waals surface area contributed by atoms with Crippen LogP contribution in [0.2, 0.25) is 10.4 Å². The minimum Gasteiger partial charge on any atom is -0.388 e. The SMILES string of the molecule is O[C@H]1CN(c2nc(Cl)nc3c(F)c(Cl)ncc23)CCC1F. The van der Waals surface area contributed by atoms with Crippen molar-refractivity contribution in [3.63, 3.8) is 0 Å². The van der Waals surface area contributed by atoms with E-state index in [1.165, 1.54) is 6.20 Å². The molecule has 5 nitrogen and oxygen atoms in total. The summed E-state index contributed by atoms with van der Waals surface area (Å²) in [5.74, 6) is -0.486. The predicted molar refractivity (Wildman–Crippen MR) is 75.0 cm³/mol. The molecule has 1 aliphatic heterocycles. The molecule has 0 bridgehead atoms. The van der Waals surface area contributed by atoms with Gasteiger partial charge in [-0.05, 0) is 18.0 Å². The molecule has 0 aliphatic carbocycles. The Morgan fingerprint density at radius 1 is 1.33 bits per heavy atom. The summed E-state index contributed by atoms with van der Waals surface area (Å²) < 4.78 is 27.3. The molecule has 2 aromatic heterocycles. The van der Waals surface area contributed by atoms with Crippen molar-refractivity contribution in [3.8, 4) is 0 Å². The second kappa shape index (κ2) is 5.47. The second-order valence-electron chi connectivity index (χ2n) is 4.76. The molecule has 1 aliphatic rings. The third kappa shape index (κ3) is 2.61. The maximum absolute atomic E-state index is 14.0. The summed E-state index contributed by atoms with van der Waals surface area (Å²) in [5, 5.41) is 9.49. The number of piperidine rings is 1. The average Bonchev–Trinajstić information content (AvgIpc) is 2.45. The van der Waals surface area contributed by atoms with Crippen LogP contribution in [0.25, 0.3) is 10.9 Å². The van der Waals surface area contributed by atoms with Crippen LogP contribution in [0.1, 0.15) is 6.42 Å². The zero-order valence-corrected chi connectivity index (χ0v) is 12.1. The first-order valence-electron chi connectivity index (χ1n) is 6.21. The molecule has 1 N–H and O–H groups in total. The van der Waals surface area contributed by atoms with Gasteiger partial charge in [0.2, 0.25) is 5.28 Å². The second-order valence-corrected chi connectivity index (χ2v) is 5.46. The molecule has 9 heteroatoms. The van der Waals surface area contributed by atoms with Gasteiger partial charge in [0.05, 0.1) is 5.39 Å². The molecule has 0 aromatic carbocycles. The number of β-amino-alcohol motifs (C(OH)–C–C–N with tert-alkyl or cyclic N) is 1. The minimum atomic E-state index is -1.28. The fourth-order valence-corrected chi connectivity index (χ4v) is 2.63. The number of fused-ring (bicyclic) bond motifs is 1. The normalized spacial score (nSPS) is 22.8. The molecule has 21 heavy (non-hydrogen) atoms. The maximum atomic E-state index is 14.0. The number of aliphatic hydroxyl groups excluding tert-OH is 1. The zero-order valence-electron chi connectivity index (χ0n) is 10.6. The van der Waals surface area contributed by atoms with Gasteiger partial charge in [-0.2, -0.15) is 4.98 Å². The van der Waals surface area contributed by atoms with E-state index in [9.17, 15) is 13.9 Å². The van der Waals surface area contributed by atoms with Crippen LogP contribution in [0.3, 0.4) is 0 Å². The van der Waals surface area contributed by atoms with Gasteiger partial charge in [-0.3, -0.25) is 0 Å². The Kier molecular flexibility index (Phi) is 3.81. The number of aliphatic hydroxyl groups is 1. The van der Waals surface area contributed by atoms with Gasteiger partial charge in [0.25, 0.3) is 0 Å². The summed E-state index contributed by atoms with van der Waals surface area (Å²) >= 11 is 11.4. The van der Waals surface area contributed by atoms with Crippen LogP contribution in [0, 0.1) is 5.82 Å². The third-order valence-corrected chi connectivity index (χ3v) is 3.83. The maximum Gasteiger partial charge on any atom is 0.225 e. The smallest absolute Gasteiger partial charge is 0.225 e. The molecule has 3 rings (SSSR count). The molecular formula is C12H10Cl2F2N4O. The van der Waals surface area contributed by atoms with Crippen LogP contribution in [0.4, 0.5) is 14.6 Å². The van der Waals surface area contributed by atoms with E-state index in [0.29, 0.717) is 17.7 Å². The van der Waals surface area contributed by atoms with Gasteiger partial charge in [-0.25, -0.2) is 18.7 Å². The molecule has 2 atom stereocenters. The highest BCUT2D eigenvalue weighted by molar-refractivity contribution is 6.30. The standard InChI is InChI=1S/C12H10Cl2F2N4O/c13-10-8(16)9-5(3-17-10)11(19-12(14)18-9)20-2-1-6(15)7(21)4-20/h3,6-7,21H,1-2,4H2/t6?,7-/m0/s1. The molecular weight excluding hydrogens is 325 g/mol. The van der Waals surface area contributed by atoms with Crippen LogP contribution in [0.5, 0.6) is 0 Å². The third-order valence-electron chi connectivity index (χ3n) is 3.39. The van der Waals surface area contributed by atoms with Gasteiger partial charge in [-0.15, -0.1) is 0 Å². The lowest BCUT2D eigenvalue weighted by Crippen LogP contribution is -2.45. The van der Waals surface area contributed by atoms with E-state index in [-0.39, 0.29) is 28.9 Å². The van der Waals surface area contributed by atoms with Crippen LogP contribution in [0.15, 0.2) is 6.20 Å². The molecule has 0 radical (unpaired) electrons. The molecule has 112 valence electrons. The Labute approximate surface area is 128 Å². The lowest BCUT2D eigenvalue weighted by atomic mass is 10.1. The van der Waals surface area contributed by atoms with Crippen LogP contribution >= 0.6 is 23.2 Å². The zero-order chi connectivity index (χ0) is 15.1. The van der Waals surface area contributed by atoms with Crippen molar-refractivity contribution in [2.45, 2.75) is 18.7 Å². The number of halogens is 4. The summed E-state index contributed by atoms with van der Waals surface area (Å²) in [6.45, 7) is 0.360.